The summed E-state index contributed by atoms with van der Waals surface area (Å²) >= 11 is 0. The Labute approximate surface area is 237 Å². The molecule has 1 amide bonds. The molecule has 0 spiro atoms. The van der Waals surface area contributed by atoms with Gasteiger partial charge in [0.2, 0.25) is 16.8 Å². The summed E-state index contributed by atoms with van der Waals surface area (Å²) in [5.74, 6) is 0.383. The third kappa shape index (κ3) is 5.81. The van der Waals surface area contributed by atoms with Gasteiger partial charge in [-0.05, 0) is 69.7 Å². The zero-order chi connectivity index (χ0) is 28.6. The van der Waals surface area contributed by atoms with E-state index in [9.17, 15) is 13.2 Å². The van der Waals surface area contributed by atoms with Gasteiger partial charge < -0.3 is 9.47 Å². The minimum absolute atomic E-state index is 0.0411. The SMILES string of the molecule is CC[C@@H]1COc2cc(S(=O)(=O)NC(=O)Cc3c(C(C)C)cc(-c4ccc5c(c4)COCC5)cc3C(C)C)nn2C1. The molecule has 0 fully saturated rings. The summed E-state index contributed by atoms with van der Waals surface area (Å²) in [5.41, 5.74) is 7.70. The predicted molar refractivity (Wildman–Crippen MR) is 154 cm³/mol. The van der Waals surface area contributed by atoms with Crippen molar-refractivity contribution < 1.29 is 22.7 Å². The Morgan fingerprint density at radius 1 is 1.05 bits per heavy atom. The van der Waals surface area contributed by atoms with Crippen molar-refractivity contribution in [2.45, 2.75) is 83.9 Å². The number of aromatic nitrogens is 2. The number of sulfonamides is 1. The molecule has 0 radical (unpaired) electrons. The highest BCUT2D eigenvalue weighted by atomic mass is 32.2. The van der Waals surface area contributed by atoms with Crippen molar-refractivity contribution in [1.82, 2.24) is 14.5 Å². The number of nitrogens with one attached hydrogen (secondary N) is 1. The standard InChI is InChI=1S/C31H39N3O5S/c1-6-21-16-34-31(39-17-21)15-30(32-34)40(36,37)33-29(35)14-28-26(19(2)3)12-24(13-27(28)20(4)5)23-8-7-22-9-10-38-18-25(22)11-23/h7-8,11-13,15,19-21H,6,9-10,14,16-18H2,1-5H3,(H,33,35)/t21-/m0/s1. The summed E-state index contributed by atoms with van der Waals surface area (Å²) in [5, 5.41) is 4.03. The van der Waals surface area contributed by atoms with Crippen molar-refractivity contribution in [3.8, 4) is 17.0 Å². The molecule has 2 aromatic carbocycles. The molecule has 1 aromatic heterocycles. The minimum Gasteiger partial charge on any atom is -0.477 e. The highest BCUT2D eigenvalue weighted by Gasteiger charge is 2.28. The number of amides is 1. The van der Waals surface area contributed by atoms with Gasteiger partial charge in [-0.15, -0.1) is 0 Å². The Morgan fingerprint density at radius 3 is 2.45 bits per heavy atom. The number of benzene rings is 2. The number of rotatable bonds is 8. The van der Waals surface area contributed by atoms with Gasteiger partial charge in [0.05, 0.1) is 32.8 Å². The van der Waals surface area contributed by atoms with E-state index in [4.69, 9.17) is 9.47 Å². The molecule has 9 heteroatoms. The van der Waals surface area contributed by atoms with E-state index in [2.05, 4.69) is 74.8 Å². The Morgan fingerprint density at radius 2 is 1.77 bits per heavy atom. The molecule has 0 saturated carbocycles. The van der Waals surface area contributed by atoms with E-state index in [0.29, 0.717) is 25.6 Å². The fraction of sp³-hybridized carbons (Fsp3) is 0.484. The molecule has 1 atom stereocenters. The largest absolute Gasteiger partial charge is 0.477 e. The van der Waals surface area contributed by atoms with Crippen LogP contribution in [0.5, 0.6) is 5.88 Å². The lowest BCUT2D eigenvalue weighted by Crippen LogP contribution is -2.33. The number of hydrogen-bond acceptors (Lipinski definition) is 6. The average molecular weight is 566 g/mol. The quantitative estimate of drug-likeness (QED) is 0.396. The first-order valence-electron chi connectivity index (χ1n) is 14.2. The van der Waals surface area contributed by atoms with E-state index in [1.165, 1.54) is 17.2 Å². The third-order valence-electron chi connectivity index (χ3n) is 7.93. The van der Waals surface area contributed by atoms with Crippen LogP contribution < -0.4 is 9.46 Å². The first kappa shape index (κ1) is 28.4. The normalized spacial score (nSPS) is 16.9. The number of nitrogens with zero attached hydrogens (tertiary/aromatic N) is 2. The molecule has 5 rings (SSSR count). The van der Waals surface area contributed by atoms with Gasteiger partial charge in [-0.2, -0.15) is 13.5 Å². The fourth-order valence-electron chi connectivity index (χ4n) is 5.57. The van der Waals surface area contributed by atoms with Crippen molar-refractivity contribution in [3.63, 3.8) is 0 Å². The summed E-state index contributed by atoms with van der Waals surface area (Å²) in [6.07, 6.45) is 1.80. The first-order chi connectivity index (χ1) is 19.1. The Hall–Kier alpha value is -3.17. The second kappa shape index (κ2) is 11.4. The zero-order valence-electron chi connectivity index (χ0n) is 24.0. The molecular weight excluding hydrogens is 526 g/mol. The van der Waals surface area contributed by atoms with Crippen LogP contribution in [0.3, 0.4) is 0 Å². The molecule has 8 nitrogen and oxygen atoms in total. The van der Waals surface area contributed by atoms with Crippen molar-refractivity contribution in [3.05, 3.63) is 64.2 Å². The topological polar surface area (TPSA) is 99.5 Å². The second-order valence-electron chi connectivity index (χ2n) is 11.5. The molecular formula is C31H39N3O5S. The van der Waals surface area contributed by atoms with Gasteiger partial charge in [0.15, 0.2) is 0 Å². The molecule has 3 heterocycles. The number of carbonyl (C=O) groups is 1. The van der Waals surface area contributed by atoms with E-state index in [1.807, 2.05) is 0 Å². The van der Waals surface area contributed by atoms with E-state index < -0.39 is 15.9 Å². The molecule has 40 heavy (non-hydrogen) atoms. The van der Waals surface area contributed by atoms with Gasteiger partial charge in [-0.25, -0.2) is 9.40 Å². The first-order valence-corrected chi connectivity index (χ1v) is 15.7. The van der Waals surface area contributed by atoms with Crippen molar-refractivity contribution in [2.75, 3.05) is 13.2 Å². The number of hydrogen-bond donors (Lipinski definition) is 1. The predicted octanol–water partition coefficient (Wildman–Crippen LogP) is 5.34. The maximum Gasteiger partial charge on any atom is 0.283 e. The lowest BCUT2D eigenvalue weighted by Gasteiger charge is -2.23. The van der Waals surface area contributed by atoms with E-state index >= 15 is 0 Å². The van der Waals surface area contributed by atoms with Crippen molar-refractivity contribution in [2.24, 2.45) is 5.92 Å². The Kier molecular flexibility index (Phi) is 8.06. The van der Waals surface area contributed by atoms with Crippen LogP contribution in [-0.4, -0.2) is 37.3 Å². The van der Waals surface area contributed by atoms with Gasteiger partial charge in [-0.1, -0.05) is 58.9 Å². The Balaban J connectivity index is 1.42. The van der Waals surface area contributed by atoms with Gasteiger partial charge in [-0.3, -0.25) is 4.79 Å². The molecule has 0 aliphatic carbocycles. The summed E-state index contributed by atoms with van der Waals surface area (Å²) < 4.78 is 41.4. The zero-order valence-corrected chi connectivity index (χ0v) is 24.8. The summed E-state index contributed by atoms with van der Waals surface area (Å²) in [7, 11) is -4.15. The fourth-order valence-corrected chi connectivity index (χ4v) is 6.51. The van der Waals surface area contributed by atoms with Crippen LogP contribution in [0.15, 0.2) is 41.4 Å². The maximum atomic E-state index is 13.2. The Bertz CT molecular complexity index is 1490. The van der Waals surface area contributed by atoms with E-state index in [1.54, 1.807) is 4.68 Å². The molecule has 1 N–H and O–H groups in total. The van der Waals surface area contributed by atoms with Crippen molar-refractivity contribution >= 4 is 15.9 Å². The van der Waals surface area contributed by atoms with Crippen LogP contribution in [0.25, 0.3) is 11.1 Å². The molecule has 2 aliphatic rings. The van der Waals surface area contributed by atoms with Crippen LogP contribution in [-0.2, 0) is 45.5 Å². The summed E-state index contributed by atoms with van der Waals surface area (Å²) in [6.45, 7) is 12.9. The number of ether oxygens (including phenoxy) is 2. The third-order valence-corrected chi connectivity index (χ3v) is 9.18. The minimum atomic E-state index is -4.15. The molecule has 0 bridgehead atoms. The van der Waals surface area contributed by atoms with E-state index in [-0.39, 0.29) is 29.2 Å². The highest BCUT2D eigenvalue weighted by molar-refractivity contribution is 7.90. The van der Waals surface area contributed by atoms with Gasteiger partial charge in [0, 0.05) is 12.0 Å². The molecule has 2 aliphatic heterocycles. The average Bonchev–Trinajstić information content (AvgIpc) is 3.37. The smallest absolute Gasteiger partial charge is 0.283 e. The van der Waals surface area contributed by atoms with Crippen LogP contribution in [0.1, 0.15) is 80.7 Å². The molecule has 0 unspecified atom stereocenters. The van der Waals surface area contributed by atoms with Gasteiger partial charge in [0.25, 0.3) is 10.0 Å². The van der Waals surface area contributed by atoms with Crippen LogP contribution >= 0.6 is 0 Å². The van der Waals surface area contributed by atoms with Crippen LogP contribution in [0, 0.1) is 5.92 Å². The van der Waals surface area contributed by atoms with Crippen LogP contribution in [0.2, 0.25) is 0 Å². The summed E-state index contributed by atoms with van der Waals surface area (Å²) in [6, 6.07) is 12.2. The lowest BCUT2D eigenvalue weighted by atomic mass is 9.83. The van der Waals surface area contributed by atoms with E-state index in [0.717, 1.165) is 47.3 Å². The number of fused-ring (bicyclic) bond motifs is 2. The van der Waals surface area contributed by atoms with Crippen molar-refractivity contribution in [1.29, 1.82) is 0 Å². The second-order valence-corrected chi connectivity index (χ2v) is 13.2. The van der Waals surface area contributed by atoms with Gasteiger partial charge >= 0.3 is 0 Å². The maximum absolute atomic E-state index is 13.2. The van der Waals surface area contributed by atoms with Crippen LogP contribution in [0.4, 0.5) is 0 Å². The molecule has 214 valence electrons. The lowest BCUT2D eigenvalue weighted by molar-refractivity contribution is -0.118. The number of carbonyl (C=O) groups excluding carboxylic acids is 1. The highest BCUT2D eigenvalue weighted by Crippen LogP contribution is 2.35. The summed E-state index contributed by atoms with van der Waals surface area (Å²) in [4.78, 5) is 13.2. The monoisotopic (exact) mass is 565 g/mol. The molecule has 0 saturated heterocycles. The molecule has 3 aromatic rings. The van der Waals surface area contributed by atoms with Gasteiger partial charge in [0.1, 0.15) is 0 Å².